The lowest BCUT2D eigenvalue weighted by molar-refractivity contribution is -0.127. The summed E-state index contributed by atoms with van der Waals surface area (Å²) in [5.41, 5.74) is 0.124. The van der Waals surface area contributed by atoms with Crippen molar-refractivity contribution in [3.8, 4) is 0 Å². The van der Waals surface area contributed by atoms with Crippen molar-refractivity contribution in [2.75, 3.05) is 13.2 Å². The Morgan fingerprint density at radius 1 is 1.16 bits per heavy atom. The minimum Gasteiger partial charge on any atom is -0.375 e. The molecule has 0 aromatic rings. The summed E-state index contributed by atoms with van der Waals surface area (Å²) in [5, 5.41) is 6.55. The number of amides is 1. The van der Waals surface area contributed by atoms with E-state index in [1.54, 1.807) is 0 Å². The highest BCUT2D eigenvalue weighted by Gasteiger charge is 2.39. The van der Waals surface area contributed by atoms with Gasteiger partial charge in [-0.1, -0.05) is 19.3 Å². The third kappa shape index (κ3) is 3.11. The molecule has 3 fully saturated rings. The van der Waals surface area contributed by atoms with Gasteiger partial charge in [0.15, 0.2) is 0 Å². The van der Waals surface area contributed by atoms with Gasteiger partial charge in [0.25, 0.3) is 0 Å². The summed E-state index contributed by atoms with van der Waals surface area (Å²) < 4.78 is 6.11. The van der Waals surface area contributed by atoms with Crippen LogP contribution in [0.25, 0.3) is 0 Å². The summed E-state index contributed by atoms with van der Waals surface area (Å²) in [6.45, 7) is 1.70. The van der Waals surface area contributed by atoms with Crippen molar-refractivity contribution < 1.29 is 9.53 Å². The van der Waals surface area contributed by atoms with Crippen LogP contribution in [0.2, 0.25) is 0 Å². The minimum atomic E-state index is 0.0255. The number of carbonyl (C=O) groups is 1. The van der Waals surface area contributed by atoms with Gasteiger partial charge in [0.1, 0.15) is 0 Å². The summed E-state index contributed by atoms with van der Waals surface area (Å²) in [6.07, 6.45) is 10.6. The van der Waals surface area contributed by atoms with Crippen LogP contribution < -0.4 is 10.6 Å². The van der Waals surface area contributed by atoms with Gasteiger partial charge in [0.2, 0.25) is 5.91 Å². The molecule has 2 N–H and O–H groups in total. The van der Waals surface area contributed by atoms with Crippen LogP contribution in [-0.2, 0) is 9.53 Å². The highest BCUT2D eigenvalue weighted by molar-refractivity contribution is 5.82. The number of ether oxygens (including phenoxy) is 1. The van der Waals surface area contributed by atoms with E-state index in [9.17, 15) is 4.79 Å². The van der Waals surface area contributed by atoms with E-state index in [-0.39, 0.29) is 17.6 Å². The number of hydrogen-bond acceptors (Lipinski definition) is 3. The molecule has 19 heavy (non-hydrogen) atoms. The molecular weight excluding hydrogens is 240 g/mol. The molecule has 108 valence electrons. The third-order valence-corrected chi connectivity index (χ3v) is 4.98. The lowest BCUT2D eigenvalue weighted by Crippen LogP contribution is -2.55. The van der Waals surface area contributed by atoms with Gasteiger partial charge in [0, 0.05) is 19.2 Å². The van der Waals surface area contributed by atoms with Gasteiger partial charge in [-0.05, 0) is 38.5 Å². The van der Waals surface area contributed by atoms with E-state index in [0.717, 1.165) is 38.8 Å². The summed E-state index contributed by atoms with van der Waals surface area (Å²) in [4.78, 5) is 11.8. The van der Waals surface area contributed by atoms with Gasteiger partial charge >= 0.3 is 0 Å². The van der Waals surface area contributed by atoms with Crippen LogP contribution in [0.5, 0.6) is 0 Å². The smallest absolute Gasteiger partial charge is 0.237 e. The highest BCUT2D eigenvalue weighted by atomic mass is 16.5. The zero-order valence-corrected chi connectivity index (χ0v) is 11.7. The molecule has 4 nitrogen and oxygen atoms in total. The SMILES string of the molecule is O=C1NCCCC1NC1CCOC2(CCCCC2)C1. The molecule has 0 bridgehead atoms. The standard InChI is InChI=1S/C15H26N2O2/c18-14-13(5-4-9-16-14)17-12-6-10-19-15(11-12)7-2-1-3-8-15/h12-13,17H,1-11H2,(H,16,18). The van der Waals surface area contributed by atoms with Crippen molar-refractivity contribution in [2.45, 2.75) is 75.5 Å². The van der Waals surface area contributed by atoms with E-state index >= 15 is 0 Å². The summed E-state index contributed by atoms with van der Waals surface area (Å²) in [5.74, 6) is 0.190. The van der Waals surface area contributed by atoms with Crippen molar-refractivity contribution >= 4 is 5.91 Å². The van der Waals surface area contributed by atoms with Crippen molar-refractivity contribution in [3.05, 3.63) is 0 Å². The Labute approximate surface area is 115 Å². The zero-order chi connectivity index (χ0) is 13.1. The van der Waals surface area contributed by atoms with E-state index in [0.29, 0.717) is 6.04 Å². The molecule has 2 saturated heterocycles. The highest BCUT2D eigenvalue weighted by Crippen LogP contribution is 2.38. The fourth-order valence-electron chi connectivity index (χ4n) is 3.93. The van der Waals surface area contributed by atoms with Gasteiger partial charge in [-0.2, -0.15) is 0 Å². The fraction of sp³-hybridized carbons (Fsp3) is 0.933. The molecule has 4 heteroatoms. The van der Waals surface area contributed by atoms with Gasteiger partial charge in [-0.3, -0.25) is 4.79 Å². The molecule has 1 saturated carbocycles. The van der Waals surface area contributed by atoms with E-state index in [1.165, 1.54) is 32.1 Å². The summed E-state index contributed by atoms with van der Waals surface area (Å²) >= 11 is 0. The van der Waals surface area contributed by atoms with Gasteiger partial charge in [-0.15, -0.1) is 0 Å². The number of hydrogen-bond donors (Lipinski definition) is 2. The van der Waals surface area contributed by atoms with Crippen LogP contribution in [0.1, 0.15) is 57.8 Å². The normalized spacial score (nSPS) is 35.1. The van der Waals surface area contributed by atoms with Gasteiger partial charge in [-0.25, -0.2) is 0 Å². The molecule has 0 aromatic carbocycles. The maximum Gasteiger partial charge on any atom is 0.237 e. The summed E-state index contributed by atoms with van der Waals surface area (Å²) in [6, 6.07) is 0.484. The Balaban J connectivity index is 1.57. The van der Waals surface area contributed by atoms with Crippen LogP contribution in [-0.4, -0.2) is 36.7 Å². The van der Waals surface area contributed by atoms with Crippen LogP contribution in [0.4, 0.5) is 0 Å². The Kier molecular flexibility index (Phi) is 4.08. The largest absolute Gasteiger partial charge is 0.375 e. The number of rotatable bonds is 2. The lowest BCUT2D eigenvalue weighted by atomic mass is 9.78. The van der Waals surface area contributed by atoms with Gasteiger partial charge in [0.05, 0.1) is 11.6 Å². The Morgan fingerprint density at radius 3 is 2.79 bits per heavy atom. The number of nitrogens with one attached hydrogen (secondary N) is 2. The second kappa shape index (κ2) is 5.80. The molecule has 1 aliphatic carbocycles. The molecule has 2 aliphatic heterocycles. The lowest BCUT2D eigenvalue weighted by Gasteiger charge is -2.44. The maximum atomic E-state index is 11.8. The molecule has 3 rings (SSSR count). The molecule has 0 aromatic heterocycles. The minimum absolute atomic E-state index is 0.0255. The predicted molar refractivity (Wildman–Crippen MR) is 74.0 cm³/mol. The quantitative estimate of drug-likeness (QED) is 0.800. The van der Waals surface area contributed by atoms with Crippen molar-refractivity contribution in [1.82, 2.24) is 10.6 Å². The van der Waals surface area contributed by atoms with E-state index in [1.807, 2.05) is 0 Å². The summed E-state index contributed by atoms with van der Waals surface area (Å²) in [7, 11) is 0. The van der Waals surface area contributed by atoms with E-state index in [2.05, 4.69) is 10.6 Å². The predicted octanol–water partition coefficient (Wildman–Crippen LogP) is 1.74. The molecular formula is C15H26N2O2. The first kappa shape index (κ1) is 13.4. The number of piperidine rings is 1. The first-order chi connectivity index (χ1) is 9.27. The average molecular weight is 266 g/mol. The first-order valence-corrected chi connectivity index (χ1v) is 7.95. The van der Waals surface area contributed by atoms with Gasteiger partial charge < -0.3 is 15.4 Å². The van der Waals surface area contributed by atoms with Crippen molar-refractivity contribution in [3.63, 3.8) is 0 Å². The van der Waals surface area contributed by atoms with Crippen LogP contribution in [0, 0.1) is 0 Å². The number of carbonyl (C=O) groups excluding carboxylic acids is 1. The van der Waals surface area contributed by atoms with E-state index < -0.39 is 0 Å². The molecule has 1 amide bonds. The molecule has 2 unspecified atom stereocenters. The second-order valence-corrected chi connectivity index (χ2v) is 6.43. The Bertz CT molecular complexity index is 321. The topological polar surface area (TPSA) is 50.4 Å². The van der Waals surface area contributed by atoms with Crippen LogP contribution >= 0.6 is 0 Å². The Hall–Kier alpha value is -0.610. The molecule has 3 aliphatic rings. The average Bonchev–Trinajstić information content (AvgIpc) is 2.42. The monoisotopic (exact) mass is 266 g/mol. The maximum absolute atomic E-state index is 11.8. The molecule has 1 spiro atoms. The Morgan fingerprint density at radius 2 is 2.00 bits per heavy atom. The molecule has 2 heterocycles. The van der Waals surface area contributed by atoms with E-state index in [4.69, 9.17) is 4.74 Å². The molecule has 2 atom stereocenters. The van der Waals surface area contributed by atoms with Crippen LogP contribution in [0.15, 0.2) is 0 Å². The van der Waals surface area contributed by atoms with Crippen molar-refractivity contribution in [2.24, 2.45) is 0 Å². The molecule has 0 radical (unpaired) electrons. The third-order valence-electron chi connectivity index (χ3n) is 4.98. The fourth-order valence-corrected chi connectivity index (χ4v) is 3.93. The first-order valence-electron chi connectivity index (χ1n) is 7.95. The zero-order valence-electron chi connectivity index (χ0n) is 11.7. The second-order valence-electron chi connectivity index (χ2n) is 6.43. The van der Waals surface area contributed by atoms with Crippen molar-refractivity contribution in [1.29, 1.82) is 0 Å². The van der Waals surface area contributed by atoms with Crippen LogP contribution in [0.3, 0.4) is 0 Å².